The van der Waals surface area contributed by atoms with Gasteiger partial charge in [-0.25, -0.2) is 4.39 Å². The maximum Gasteiger partial charge on any atom is 0.159 e. The van der Waals surface area contributed by atoms with Crippen LogP contribution in [0.4, 0.5) is 10.1 Å². The molecule has 0 saturated heterocycles. The molecule has 0 aliphatic carbocycles. The number of ketones is 1. The smallest absolute Gasteiger partial charge is 0.159 e. The molecule has 3 heteroatoms. The summed E-state index contributed by atoms with van der Waals surface area (Å²) < 4.78 is 13.6. The molecule has 0 aliphatic heterocycles. The lowest BCUT2D eigenvalue weighted by atomic mass is 10.1. The minimum atomic E-state index is -0.199. The average molecular weight is 257 g/mol. The van der Waals surface area contributed by atoms with Gasteiger partial charge in [-0.2, -0.15) is 0 Å². The molecular formula is C16H16FNO. The summed E-state index contributed by atoms with van der Waals surface area (Å²) >= 11 is 0. The molecule has 0 amide bonds. The highest BCUT2D eigenvalue weighted by Gasteiger charge is 2.06. The highest BCUT2D eigenvalue weighted by atomic mass is 19.1. The van der Waals surface area contributed by atoms with E-state index in [9.17, 15) is 9.18 Å². The Labute approximate surface area is 112 Å². The Morgan fingerprint density at radius 1 is 1.11 bits per heavy atom. The van der Waals surface area contributed by atoms with E-state index < -0.39 is 0 Å². The van der Waals surface area contributed by atoms with Crippen LogP contribution in [0.5, 0.6) is 0 Å². The van der Waals surface area contributed by atoms with Crippen molar-refractivity contribution in [2.75, 3.05) is 11.9 Å². The van der Waals surface area contributed by atoms with Crippen molar-refractivity contribution in [1.29, 1.82) is 0 Å². The monoisotopic (exact) mass is 257 g/mol. The third-order valence-corrected chi connectivity index (χ3v) is 3.08. The van der Waals surface area contributed by atoms with Crippen LogP contribution in [0.1, 0.15) is 22.8 Å². The number of benzene rings is 2. The normalized spacial score (nSPS) is 10.3. The molecule has 0 heterocycles. The lowest BCUT2D eigenvalue weighted by Gasteiger charge is -2.20. The Morgan fingerprint density at radius 3 is 2.32 bits per heavy atom. The molecule has 0 fully saturated rings. The maximum atomic E-state index is 13.6. The molecule has 0 N–H and O–H groups in total. The van der Waals surface area contributed by atoms with E-state index in [1.165, 1.54) is 13.0 Å². The van der Waals surface area contributed by atoms with E-state index in [-0.39, 0.29) is 11.6 Å². The van der Waals surface area contributed by atoms with E-state index in [4.69, 9.17) is 0 Å². The number of hydrogen-bond donors (Lipinski definition) is 0. The molecular weight excluding hydrogens is 241 g/mol. The Bertz CT molecular complexity index is 578. The van der Waals surface area contributed by atoms with Crippen LogP contribution >= 0.6 is 0 Å². The van der Waals surface area contributed by atoms with Gasteiger partial charge in [-0.1, -0.05) is 18.2 Å². The van der Waals surface area contributed by atoms with Gasteiger partial charge in [0, 0.05) is 30.4 Å². The van der Waals surface area contributed by atoms with Crippen molar-refractivity contribution in [3.8, 4) is 0 Å². The van der Waals surface area contributed by atoms with Gasteiger partial charge in [0.2, 0.25) is 0 Å². The van der Waals surface area contributed by atoms with Crippen molar-refractivity contribution in [2.45, 2.75) is 13.5 Å². The van der Waals surface area contributed by atoms with Crippen molar-refractivity contribution in [3.63, 3.8) is 0 Å². The van der Waals surface area contributed by atoms with Gasteiger partial charge in [0.1, 0.15) is 5.82 Å². The van der Waals surface area contributed by atoms with Crippen LogP contribution in [0, 0.1) is 5.82 Å². The van der Waals surface area contributed by atoms with Crippen LogP contribution in [-0.2, 0) is 6.54 Å². The van der Waals surface area contributed by atoms with Crippen LogP contribution in [0.2, 0.25) is 0 Å². The highest BCUT2D eigenvalue weighted by Crippen LogP contribution is 2.18. The first-order valence-corrected chi connectivity index (χ1v) is 6.13. The van der Waals surface area contributed by atoms with Gasteiger partial charge in [-0.15, -0.1) is 0 Å². The zero-order valence-corrected chi connectivity index (χ0v) is 11.1. The van der Waals surface area contributed by atoms with Gasteiger partial charge in [-0.05, 0) is 37.3 Å². The number of hydrogen-bond acceptors (Lipinski definition) is 2. The second-order valence-corrected chi connectivity index (χ2v) is 4.55. The number of anilines is 1. The minimum Gasteiger partial charge on any atom is -0.370 e. The summed E-state index contributed by atoms with van der Waals surface area (Å²) in [5.74, 6) is -0.155. The lowest BCUT2D eigenvalue weighted by molar-refractivity contribution is 0.101. The molecule has 98 valence electrons. The van der Waals surface area contributed by atoms with Crippen LogP contribution in [-0.4, -0.2) is 12.8 Å². The summed E-state index contributed by atoms with van der Waals surface area (Å²) in [6.45, 7) is 2.03. The van der Waals surface area contributed by atoms with Crippen LogP contribution in [0.15, 0.2) is 48.5 Å². The molecule has 0 aromatic heterocycles. The van der Waals surface area contributed by atoms with Gasteiger partial charge >= 0.3 is 0 Å². The molecule has 19 heavy (non-hydrogen) atoms. The molecule has 2 aromatic rings. The third kappa shape index (κ3) is 3.19. The summed E-state index contributed by atoms with van der Waals surface area (Å²) in [5, 5.41) is 0. The minimum absolute atomic E-state index is 0.0447. The van der Waals surface area contributed by atoms with Gasteiger partial charge in [0.25, 0.3) is 0 Å². The fourth-order valence-corrected chi connectivity index (χ4v) is 1.92. The van der Waals surface area contributed by atoms with E-state index in [1.54, 1.807) is 24.3 Å². The van der Waals surface area contributed by atoms with E-state index in [0.29, 0.717) is 17.7 Å². The molecule has 2 nitrogen and oxygen atoms in total. The van der Waals surface area contributed by atoms with Crippen LogP contribution < -0.4 is 4.90 Å². The topological polar surface area (TPSA) is 20.3 Å². The maximum absolute atomic E-state index is 13.6. The van der Waals surface area contributed by atoms with E-state index >= 15 is 0 Å². The summed E-state index contributed by atoms with van der Waals surface area (Å²) in [6.07, 6.45) is 0. The number of carbonyl (C=O) groups is 1. The number of carbonyl (C=O) groups excluding carboxylic acids is 1. The Hall–Kier alpha value is -2.16. The second-order valence-electron chi connectivity index (χ2n) is 4.55. The largest absolute Gasteiger partial charge is 0.370 e. The van der Waals surface area contributed by atoms with Crippen LogP contribution in [0.25, 0.3) is 0 Å². The molecule has 0 aliphatic rings. The molecule has 0 unspecified atom stereocenters. The fraction of sp³-hybridized carbons (Fsp3) is 0.188. The van der Waals surface area contributed by atoms with Crippen molar-refractivity contribution in [3.05, 3.63) is 65.5 Å². The van der Waals surface area contributed by atoms with Gasteiger partial charge < -0.3 is 4.90 Å². The summed E-state index contributed by atoms with van der Waals surface area (Å²) in [4.78, 5) is 13.1. The Balaban J connectivity index is 2.14. The predicted octanol–water partition coefficient (Wildman–Crippen LogP) is 3.66. The highest BCUT2D eigenvalue weighted by molar-refractivity contribution is 5.94. The van der Waals surface area contributed by atoms with Gasteiger partial charge in [0.05, 0.1) is 0 Å². The SMILES string of the molecule is CC(=O)c1ccc(N(C)Cc2ccccc2F)cc1. The third-order valence-electron chi connectivity index (χ3n) is 3.08. The molecule has 0 bridgehead atoms. The Morgan fingerprint density at radius 2 is 1.74 bits per heavy atom. The van der Waals surface area contributed by atoms with Crippen molar-refractivity contribution >= 4 is 11.5 Å². The molecule has 0 spiro atoms. The number of rotatable bonds is 4. The predicted molar refractivity (Wildman–Crippen MR) is 75.0 cm³/mol. The average Bonchev–Trinajstić information content (AvgIpc) is 2.41. The Kier molecular flexibility index (Phi) is 3.95. The van der Waals surface area contributed by atoms with Crippen LogP contribution in [0.3, 0.4) is 0 Å². The second kappa shape index (κ2) is 5.65. The van der Waals surface area contributed by atoms with E-state index in [0.717, 1.165) is 5.69 Å². The molecule has 0 radical (unpaired) electrons. The summed E-state index contributed by atoms with van der Waals surface area (Å²) in [6, 6.07) is 14.1. The van der Waals surface area contributed by atoms with Crippen molar-refractivity contribution in [2.24, 2.45) is 0 Å². The molecule has 0 atom stereocenters. The standard InChI is InChI=1S/C16H16FNO/c1-12(19)13-7-9-15(10-8-13)18(2)11-14-5-3-4-6-16(14)17/h3-10H,11H2,1-2H3. The first kappa shape index (κ1) is 13.3. The zero-order chi connectivity index (χ0) is 13.8. The van der Waals surface area contributed by atoms with E-state index in [1.807, 2.05) is 30.1 Å². The van der Waals surface area contributed by atoms with Crippen molar-refractivity contribution < 1.29 is 9.18 Å². The van der Waals surface area contributed by atoms with Crippen molar-refractivity contribution in [1.82, 2.24) is 0 Å². The first-order valence-electron chi connectivity index (χ1n) is 6.13. The molecule has 2 aromatic carbocycles. The number of Topliss-reactive ketones (excluding diaryl/α,β-unsaturated/α-hetero) is 1. The lowest BCUT2D eigenvalue weighted by Crippen LogP contribution is -2.17. The molecule has 2 rings (SSSR count). The van der Waals surface area contributed by atoms with E-state index in [2.05, 4.69) is 0 Å². The first-order chi connectivity index (χ1) is 9.08. The quantitative estimate of drug-likeness (QED) is 0.779. The number of nitrogens with zero attached hydrogens (tertiary/aromatic N) is 1. The summed E-state index contributed by atoms with van der Waals surface area (Å²) in [5.41, 5.74) is 2.29. The fourth-order valence-electron chi connectivity index (χ4n) is 1.92. The van der Waals surface area contributed by atoms with Gasteiger partial charge in [0.15, 0.2) is 5.78 Å². The number of halogens is 1. The zero-order valence-electron chi connectivity index (χ0n) is 11.1. The van der Waals surface area contributed by atoms with Gasteiger partial charge in [-0.3, -0.25) is 4.79 Å². The molecule has 0 saturated carbocycles. The summed E-state index contributed by atoms with van der Waals surface area (Å²) in [7, 11) is 1.90.